The Bertz CT molecular complexity index is 2170. The Balaban J connectivity index is 0.000000620. The minimum Gasteiger partial charge on any atom is -0.743 e. The molecule has 2 rings (SSSR count). The first-order valence-electron chi connectivity index (χ1n) is 16.7. The van der Waals surface area contributed by atoms with Gasteiger partial charge in [-0.1, -0.05) is 73.3 Å². The average molecular weight is 948 g/mol. The Morgan fingerprint density at radius 3 is 1.39 bits per heavy atom. The Morgan fingerprint density at radius 2 is 1.02 bits per heavy atom. The van der Waals surface area contributed by atoms with E-state index in [4.69, 9.17) is 0 Å². The van der Waals surface area contributed by atoms with E-state index in [1.54, 1.807) is 13.0 Å². The smallest absolute Gasteiger partial charge is 0.466 e. The normalized spacial score (nSPS) is 14.5. The number of hydrogen-bond acceptors (Lipinski definition) is 14. The summed E-state index contributed by atoms with van der Waals surface area (Å²) in [5, 5.41) is -8.17. The third kappa shape index (κ3) is 14.8. The highest BCUT2D eigenvalue weighted by molar-refractivity contribution is 7.87. The molecule has 2 aromatic carbocycles. The van der Waals surface area contributed by atoms with Gasteiger partial charge in [0.1, 0.15) is 0 Å². The molecule has 0 aliphatic carbocycles. The van der Waals surface area contributed by atoms with Gasteiger partial charge in [0.15, 0.2) is 20.2 Å². The first-order valence-corrected chi connectivity index (χ1v) is 19.5. The van der Waals surface area contributed by atoms with Crippen LogP contribution in [0.15, 0.2) is 78.9 Å². The van der Waals surface area contributed by atoms with Crippen molar-refractivity contribution in [1.82, 2.24) is 5.32 Å². The lowest BCUT2D eigenvalue weighted by Crippen LogP contribution is -2.61. The van der Waals surface area contributed by atoms with Gasteiger partial charge in [-0.3, -0.25) is 9.59 Å². The van der Waals surface area contributed by atoms with Gasteiger partial charge in [-0.15, -0.1) is 0 Å². The maximum Gasteiger partial charge on any atom is 0.466 e. The van der Waals surface area contributed by atoms with Crippen LogP contribution in [0.3, 0.4) is 0 Å². The second-order valence-electron chi connectivity index (χ2n) is 12.7. The van der Waals surface area contributed by atoms with Crippen molar-refractivity contribution < 1.29 is 108 Å². The Morgan fingerprint density at radius 1 is 0.629 bits per heavy atom. The zero-order valence-electron chi connectivity index (χ0n) is 32.2. The highest BCUT2D eigenvalue weighted by atomic mass is 32.2. The zero-order valence-corrected chi connectivity index (χ0v) is 33.8. The summed E-state index contributed by atoms with van der Waals surface area (Å²) in [6.45, 7) is 5.70. The minimum absolute atomic E-state index is 0.0617. The van der Waals surface area contributed by atoms with Crippen LogP contribution in [-0.2, 0) is 71.3 Å². The molecule has 0 bridgehead atoms. The van der Waals surface area contributed by atoms with Gasteiger partial charge in [0.25, 0.3) is 0 Å². The maximum atomic E-state index is 13.8. The molecule has 0 saturated heterocycles. The molecular formula is C35H35F10NO14S2-2. The number of ketones is 1. The highest BCUT2D eigenvalue weighted by Crippen LogP contribution is 2.39. The van der Waals surface area contributed by atoms with Crippen molar-refractivity contribution in [2.45, 2.75) is 81.0 Å². The monoisotopic (exact) mass is 947 g/mol. The van der Waals surface area contributed by atoms with Gasteiger partial charge in [0, 0.05) is 37.0 Å². The lowest BCUT2D eigenvalue weighted by Gasteiger charge is -2.34. The molecule has 15 nitrogen and oxygen atoms in total. The van der Waals surface area contributed by atoms with Crippen LogP contribution in [0.1, 0.15) is 43.4 Å². The van der Waals surface area contributed by atoms with E-state index in [-0.39, 0.29) is 5.56 Å². The summed E-state index contributed by atoms with van der Waals surface area (Å²) < 4.78 is 216. The number of carbonyl (C=O) groups excluding carboxylic acids is 4. The number of nitrogens with one attached hydrogen (secondary N) is 1. The molecule has 0 heterocycles. The van der Waals surface area contributed by atoms with Crippen LogP contribution in [0.4, 0.5) is 43.9 Å². The predicted octanol–water partition coefficient (Wildman–Crippen LogP) is 5.25. The maximum absolute atomic E-state index is 13.8. The van der Waals surface area contributed by atoms with Gasteiger partial charge >= 0.3 is 52.3 Å². The van der Waals surface area contributed by atoms with Gasteiger partial charge < -0.3 is 33.4 Å². The summed E-state index contributed by atoms with van der Waals surface area (Å²) in [5.41, 5.74) is -0.0218. The van der Waals surface area contributed by atoms with E-state index in [2.05, 4.69) is 32.1 Å². The molecule has 2 aromatic rings. The van der Waals surface area contributed by atoms with Crippen LogP contribution in [0.2, 0.25) is 0 Å². The largest absolute Gasteiger partial charge is 0.743 e. The summed E-state index contributed by atoms with van der Waals surface area (Å²) in [7, 11) is -12.4. The fraction of sp³-hybridized carbons (Fsp3) is 0.429. The topological polar surface area (TPSA) is 232 Å². The standard InChI is InChI=1S/C18H19F5O7S.C17H18F5NO7S/c1-11(2)15(25)30-17(18(21,22)23,29-9-8-16(19,20)31(26,27)28)14(24)10-13-6-4-12(3)5-7-13;1-11(2)13(24)30-16(17(20,21)22,29-9-8-15(18,19)31(26,27)28)14(25)23-10-12-6-4-3-5-7-12/h4-7H,1,8-10H2,2-3H3,(H,26,27,28);3-7H,1,8-10H2,2H3,(H,23,25)(H,26,27,28)/p-2. The first-order chi connectivity index (χ1) is 28.0. The van der Waals surface area contributed by atoms with Crippen LogP contribution >= 0.6 is 0 Å². The highest BCUT2D eigenvalue weighted by Gasteiger charge is 2.67. The third-order valence-electron chi connectivity index (χ3n) is 7.49. The number of hydrogen-bond donors (Lipinski definition) is 1. The fourth-order valence-corrected chi connectivity index (χ4v) is 4.76. The molecule has 0 aromatic heterocycles. The third-order valence-corrected chi connectivity index (χ3v) is 9.36. The minimum atomic E-state index is -6.23. The molecule has 0 spiro atoms. The Labute approximate surface area is 346 Å². The van der Waals surface area contributed by atoms with Crippen molar-refractivity contribution in [3.05, 3.63) is 95.6 Å². The van der Waals surface area contributed by atoms with E-state index in [0.29, 0.717) is 5.56 Å². The molecular weight excluding hydrogens is 912 g/mol. The summed E-state index contributed by atoms with van der Waals surface area (Å²) in [4.78, 5) is 48.4. The molecule has 27 heteroatoms. The fourth-order valence-electron chi connectivity index (χ4n) is 4.09. The number of ether oxygens (including phenoxy) is 4. The van der Waals surface area contributed by atoms with Crippen molar-refractivity contribution in [2.24, 2.45) is 0 Å². The number of benzene rings is 2. The van der Waals surface area contributed by atoms with Crippen molar-refractivity contribution in [2.75, 3.05) is 13.2 Å². The molecule has 1 N–H and O–H groups in total. The van der Waals surface area contributed by atoms with E-state index in [1.165, 1.54) is 48.5 Å². The number of carbonyl (C=O) groups is 4. The number of rotatable bonds is 20. The van der Waals surface area contributed by atoms with E-state index in [0.717, 1.165) is 19.4 Å². The van der Waals surface area contributed by atoms with Gasteiger partial charge in [0.2, 0.25) is 5.78 Å². The lowest BCUT2D eigenvalue weighted by molar-refractivity contribution is -0.348. The number of amides is 1. The molecule has 348 valence electrons. The van der Waals surface area contributed by atoms with Gasteiger partial charge in [-0.25, -0.2) is 26.4 Å². The number of Topliss-reactive ketones (excluding diaryl/α,β-unsaturated/α-hetero) is 1. The van der Waals surface area contributed by atoms with Gasteiger partial charge in [0.05, 0.1) is 13.2 Å². The van der Waals surface area contributed by atoms with E-state index < -0.39 is 128 Å². The van der Waals surface area contributed by atoms with Crippen molar-refractivity contribution in [3.8, 4) is 0 Å². The quantitative estimate of drug-likeness (QED) is 0.0587. The Kier molecular flexibility index (Phi) is 18.6. The van der Waals surface area contributed by atoms with Crippen molar-refractivity contribution >= 4 is 43.9 Å². The number of alkyl halides is 10. The number of esters is 2. The molecule has 1 amide bonds. The van der Waals surface area contributed by atoms with Gasteiger partial charge in [-0.05, 0) is 31.9 Å². The molecule has 62 heavy (non-hydrogen) atoms. The van der Waals surface area contributed by atoms with Crippen LogP contribution < -0.4 is 5.32 Å². The molecule has 0 fully saturated rings. The van der Waals surface area contributed by atoms with Gasteiger partial charge in [-0.2, -0.15) is 43.9 Å². The predicted molar refractivity (Wildman–Crippen MR) is 188 cm³/mol. The van der Waals surface area contributed by atoms with E-state index >= 15 is 0 Å². The summed E-state index contributed by atoms with van der Waals surface area (Å²) in [5.74, 6) is -16.1. The summed E-state index contributed by atoms with van der Waals surface area (Å²) >= 11 is 0. The average Bonchev–Trinajstić information content (AvgIpc) is 3.12. The number of halogens is 10. The first kappa shape index (κ1) is 55.1. The van der Waals surface area contributed by atoms with Crippen LogP contribution in [0.5, 0.6) is 0 Å². The zero-order chi connectivity index (χ0) is 48.3. The molecule has 2 unspecified atom stereocenters. The molecule has 0 radical (unpaired) electrons. The van der Waals surface area contributed by atoms with Crippen LogP contribution in [0, 0.1) is 6.92 Å². The molecule has 0 saturated carbocycles. The second-order valence-corrected chi connectivity index (χ2v) is 15.7. The summed E-state index contributed by atoms with van der Waals surface area (Å²) in [6, 6.07) is 13.1. The van der Waals surface area contributed by atoms with Crippen molar-refractivity contribution in [1.29, 1.82) is 0 Å². The van der Waals surface area contributed by atoms with E-state index in [1.807, 2.05) is 5.32 Å². The molecule has 2 atom stereocenters. The molecule has 0 aliphatic rings. The van der Waals surface area contributed by atoms with Crippen molar-refractivity contribution in [3.63, 3.8) is 0 Å². The van der Waals surface area contributed by atoms with E-state index in [9.17, 15) is 89.0 Å². The summed E-state index contributed by atoms with van der Waals surface area (Å²) in [6.07, 6.45) is -16.6. The molecule has 0 aliphatic heterocycles. The Hall–Kier alpha value is -4.96. The van der Waals surface area contributed by atoms with Crippen LogP contribution in [0.25, 0.3) is 0 Å². The SMILES string of the molecule is C=C(C)C(=O)OC(OCCC(F)(F)S(=O)(=O)[O-])(C(=O)Cc1ccc(C)cc1)C(F)(F)F.C=C(C)C(=O)OC(OCCC(F)(F)S(=O)(=O)[O-])(C(=O)NCc1ccccc1)C(F)(F)F. The van der Waals surface area contributed by atoms with Crippen LogP contribution in [-0.4, -0.2) is 97.2 Å². The lowest BCUT2D eigenvalue weighted by atomic mass is 10.0. The second kappa shape index (κ2) is 20.9. The number of aryl methyl sites for hydroxylation is 1.